The number of aromatic nitrogens is 2. The number of hydrogen-bond donors (Lipinski definition) is 1. The standard InChI is InChI=1S/C20H26N4O/c1-2-18(17-6-4-3-5-7-17)20(25)23-14-16-8-12-24(13-9-16)19-15-21-10-11-22-19/h3-7,10-11,15-16,18H,2,8-9,12-14H2,1H3,(H,23,25). The number of nitrogens with one attached hydrogen (secondary N) is 1. The van der Waals surface area contributed by atoms with Gasteiger partial charge < -0.3 is 10.2 Å². The molecule has 1 unspecified atom stereocenters. The fourth-order valence-electron chi connectivity index (χ4n) is 3.45. The number of nitrogens with zero attached hydrogens (tertiary/aromatic N) is 3. The molecule has 0 radical (unpaired) electrons. The van der Waals surface area contributed by atoms with Gasteiger partial charge in [0.05, 0.1) is 12.1 Å². The number of rotatable bonds is 6. The van der Waals surface area contributed by atoms with Crippen molar-refractivity contribution >= 4 is 11.7 Å². The van der Waals surface area contributed by atoms with Crippen molar-refractivity contribution in [3.8, 4) is 0 Å². The minimum atomic E-state index is -0.0547. The predicted octanol–water partition coefficient (Wildman–Crippen LogP) is 3.00. The maximum atomic E-state index is 12.6. The van der Waals surface area contributed by atoms with E-state index in [1.807, 2.05) is 36.5 Å². The van der Waals surface area contributed by atoms with Crippen molar-refractivity contribution in [1.82, 2.24) is 15.3 Å². The summed E-state index contributed by atoms with van der Waals surface area (Å²) >= 11 is 0. The second kappa shape index (κ2) is 8.60. The molecule has 25 heavy (non-hydrogen) atoms. The van der Waals surface area contributed by atoms with Gasteiger partial charge in [-0.2, -0.15) is 0 Å². The second-order valence-corrected chi connectivity index (χ2v) is 6.61. The van der Waals surface area contributed by atoms with Crippen molar-refractivity contribution in [3.63, 3.8) is 0 Å². The van der Waals surface area contributed by atoms with E-state index in [4.69, 9.17) is 0 Å². The molecule has 1 fully saturated rings. The van der Waals surface area contributed by atoms with Gasteiger partial charge in [-0.15, -0.1) is 0 Å². The Labute approximate surface area is 149 Å². The van der Waals surface area contributed by atoms with Gasteiger partial charge in [-0.25, -0.2) is 4.98 Å². The molecule has 1 amide bonds. The Morgan fingerprint density at radius 1 is 1.24 bits per heavy atom. The lowest BCUT2D eigenvalue weighted by atomic mass is 9.94. The third kappa shape index (κ3) is 4.56. The van der Waals surface area contributed by atoms with E-state index in [0.29, 0.717) is 5.92 Å². The molecule has 1 aromatic carbocycles. The van der Waals surface area contributed by atoms with Crippen LogP contribution < -0.4 is 10.2 Å². The lowest BCUT2D eigenvalue weighted by Gasteiger charge is -2.32. The number of anilines is 1. The monoisotopic (exact) mass is 338 g/mol. The third-order valence-corrected chi connectivity index (χ3v) is 4.98. The SMILES string of the molecule is CCC(C(=O)NCC1CCN(c2cnccn2)CC1)c1ccccc1. The topological polar surface area (TPSA) is 58.1 Å². The van der Waals surface area contributed by atoms with Gasteiger partial charge in [0.15, 0.2) is 0 Å². The zero-order chi connectivity index (χ0) is 17.5. The lowest BCUT2D eigenvalue weighted by molar-refractivity contribution is -0.122. The van der Waals surface area contributed by atoms with Gasteiger partial charge in [-0.1, -0.05) is 37.3 Å². The molecule has 1 aliphatic rings. The van der Waals surface area contributed by atoms with Crippen LogP contribution in [0.4, 0.5) is 5.82 Å². The van der Waals surface area contributed by atoms with Crippen LogP contribution in [-0.4, -0.2) is 35.5 Å². The Bertz CT molecular complexity index is 654. The van der Waals surface area contributed by atoms with Gasteiger partial charge >= 0.3 is 0 Å². The summed E-state index contributed by atoms with van der Waals surface area (Å²) < 4.78 is 0. The molecule has 0 bridgehead atoms. The fourth-order valence-corrected chi connectivity index (χ4v) is 3.45. The van der Waals surface area contributed by atoms with Crippen molar-refractivity contribution in [3.05, 3.63) is 54.5 Å². The summed E-state index contributed by atoms with van der Waals surface area (Å²) in [4.78, 5) is 23.3. The molecule has 5 nitrogen and oxygen atoms in total. The van der Waals surface area contributed by atoms with Crippen LogP contribution in [0.1, 0.15) is 37.7 Å². The number of benzene rings is 1. The van der Waals surface area contributed by atoms with E-state index in [-0.39, 0.29) is 11.8 Å². The summed E-state index contributed by atoms with van der Waals surface area (Å²) in [6.07, 6.45) is 8.20. The van der Waals surface area contributed by atoms with Crippen molar-refractivity contribution < 1.29 is 4.79 Å². The number of piperidine rings is 1. The average Bonchev–Trinajstić information content (AvgIpc) is 2.69. The van der Waals surface area contributed by atoms with Crippen LogP contribution in [0.2, 0.25) is 0 Å². The molecular formula is C20H26N4O. The Morgan fingerprint density at radius 3 is 2.64 bits per heavy atom. The van der Waals surface area contributed by atoms with Crippen LogP contribution in [0.5, 0.6) is 0 Å². The minimum absolute atomic E-state index is 0.0547. The van der Waals surface area contributed by atoms with Crippen LogP contribution in [-0.2, 0) is 4.79 Å². The smallest absolute Gasteiger partial charge is 0.227 e. The first-order valence-corrected chi connectivity index (χ1v) is 9.11. The van der Waals surface area contributed by atoms with Crippen molar-refractivity contribution in [2.45, 2.75) is 32.1 Å². The van der Waals surface area contributed by atoms with Gasteiger partial charge in [0.1, 0.15) is 5.82 Å². The van der Waals surface area contributed by atoms with Gasteiger partial charge in [0, 0.05) is 32.0 Å². The van der Waals surface area contributed by atoms with E-state index < -0.39 is 0 Å². The molecule has 0 spiro atoms. The molecule has 1 N–H and O–H groups in total. The van der Waals surface area contributed by atoms with Gasteiger partial charge in [0.25, 0.3) is 0 Å². The highest BCUT2D eigenvalue weighted by Crippen LogP contribution is 2.22. The van der Waals surface area contributed by atoms with E-state index in [1.54, 1.807) is 12.4 Å². The van der Waals surface area contributed by atoms with E-state index in [0.717, 1.165) is 50.3 Å². The zero-order valence-corrected chi connectivity index (χ0v) is 14.8. The maximum Gasteiger partial charge on any atom is 0.227 e. The summed E-state index contributed by atoms with van der Waals surface area (Å²) in [5.74, 6) is 1.57. The summed E-state index contributed by atoms with van der Waals surface area (Å²) in [6, 6.07) is 10.0. The molecule has 1 atom stereocenters. The first-order chi connectivity index (χ1) is 12.3. The molecule has 2 aromatic rings. The Hall–Kier alpha value is -2.43. The van der Waals surface area contributed by atoms with Gasteiger partial charge in [-0.3, -0.25) is 9.78 Å². The average molecular weight is 338 g/mol. The van der Waals surface area contributed by atoms with E-state index >= 15 is 0 Å². The van der Waals surface area contributed by atoms with Crippen LogP contribution >= 0.6 is 0 Å². The molecule has 132 valence electrons. The number of amides is 1. The van der Waals surface area contributed by atoms with Crippen molar-refractivity contribution in [2.75, 3.05) is 24.5 Å². The van der Waals surface area contributed by atoms with Crippen molar-refractivity contribution in [2.24, 2.45) is 5.92 Å². The van der Waals surface area contributed by atoms with E-state index in [2.05, 4.69) is 27.1 Å². The van der Waals surface area contributed by atoms with Crippen LogP contribution in [0.15, 0.2) is 48.9 Å². The molecule has 5 heteroatoms. The minimum Gasteiger partial charge on any atom is -0.355 e. The summed E-state index contributed by atoms with van der Waals surface area (Å²) in [7, 11) is 0. The molecule has 1 aromatic heterocycles. The molecular weight excluding hydrogens is 312 g/mol. The first kappa shape index (κ1) is 17.4. The highest BCUT2D eigenvalue weighted by Gasteiger charge is 2.23. The summed E-state index contributed by atoms with van der Waals surface area (Å²) in [6.45, 7) is 4.76. The Balaban J connectivity index is 1.47. The van der Waals surface area contributed by atoms with Gasteiger partial charge in [0.2, 0.25) is 5.91 Å². The lowest BCUT2D eigenvalue weighted by Crippen LogP contribution is -2.40. The third-order valence-electron chi connectivity index (χ3n) is 4.98. The number of carbonyl (C=O) groups excluding carboxylic acids is 1. The van der Waals surface area contributed by atoms with Crippen LogP contribution in [0.3, 0.4) is 0 Å². The zero-order valence-electron chi connectivity index (χ0n) is 14.8. The van der Waals surface area contributed by atoms with Gasteiger partial charge in [-0.05, 0) is 30.7 Å². The molecule has 2 heterocycles. The molecule has 1 aliphatic heterocycles. The Kier molecular flexibility index (Phi) is 5.99. The van der Waals surface area contributed by atoms with Crippen molar-refractivity contribution in [1.29, 1.82) is 0 Å². The quantitative estimate of drug-likeness (QED) is 0.880. The first-order valence-electron chi connectivity index (χ1n) is 9.11. The largest absolute Gasteiger partial charge is 0.355 e. The summed E-state index contributed by atoms with van der Waals surface area (Å²) in [5.41, 5.74) is 1.10. The van der Waals surface area contributed by atoms with E-state index in [1.165, 1.54) is 0 Å². The highest BCUT2D eigenvalue weighted by molar-refractivity contribution is 5.83. The maximum absolute atomic E-state index is 12.6. The number of hydrogen-bond acceptors (Lipinski definition) is 4. The molecule has 0 aliphatic carbocycles. The van der Waals surface area contributed by atoms with E-state index in [9.17, 15) is 4.79 Å². The molecule has 3 rings (SSSR count). The molecule has 1 saturated heterocycles. The Morgan fingerprint density at radius 2 is 2.00 bits per heavy atom. The summed E-state index contributed by atoms with van der Waals surface area (Å²) in [5, 5.41) is 3.17. The van der Waals surface area contributed by atoms with Crippen LogP contribution in [0, 0.1) is 5.92 Å². The fraction of sp³-hybridized carbons (Fsp3) is 0.450. The predicted molar refractivity (Wildman–Crippen MR) is 99.5 cm³/mol. The highest BCUT2D eigenvalue weighted by atomic mass is 16.1. The number of carbonyl (C=O) groups is 1. The normalized spacial score (nSPS) is 16.4. The molecule has 0 saturated carbocycles. The second-order valence-electron chi connectivity index (χ2n) is 6.61. The van der Waals surface area contributed by atoms with Crippen LogP contribution in [0.25, 0.3) is 0 Å².